The van der Waals surface area contributed by atoms with Crippen LogP contribution >= 0.6 is 0 Å². The van der Waals surface area contributed by atoms with Crippen LogP contribution in [0.4, 0.5) is 0 Å². The van der Waals surface area contributed by atoms with E-state index in [1.165, 1.54) is 11.1 Å². The maximum Gasteiger partial charge on any atom is 0.344 e. The summed E-state index contributed by atoms with van der Waals surface area (Å²) < 4.78 is 21.6. The molecule has 0 atom stereocenters. The van der Waals surface area contributed by atoms with Crippen LogP contribution in [0, 0.1) is 0 Å². The van der Waals surface area contributed by atoms with E-state index in [-0.39, 0.29) is 19.0 Å². The van der Waals surface area contributed by atoms with E-state index in [0.29, 0.717) is 36.0 Å². The van der Waals surface area contributed by atoms with E-state index in [1.807, 2.05) is 6.08 Å². The fourth-order valence-corrected chi connectivity index (χ4v) is 2.70. The number of rotatable bonds is 10. The van der Waals surface area contributed by atoms with Gasteiger partial charge in [0.25, 0.3) is 0 Å². The highest BCUT2D eigenvalue weighted by atomic mass is 16.6. The summed E-state index contributed by atoms with van der Waals surface area (Å²) in [6.07, 6.45) is 6.22. The lowest BCUT2D eigenvalue weighted by Crippen LogP contribution is -2.16. The zero-order chi connectivity index (χ0) is 21.2. The Balaban J connectivity index is 1.94. The fourth-order valence-electron chi connectivity index (χ4n) is 2.70. The molecule has 0 unspecified atom stereocenters. The second-order valence-corrected chi connectivity index (χ2v) is 6.99. The molecular formula is C23H30O6. The molecule has 2 rings (SSSR count). The zero-order valence-corrected chi connectivity index (χ0v) is 17.6. The van der Waals surface area contributed by atoms with Gasteiger partial charge >= 0.3 is 5.97 Å². The molecular weight excluding hydrogens is 372 g/mol. The van der Waals surface area contributed by atoms with Crippen LogP contribution in [0.1, 0.15) is 46.1 Å². The number of hydrogen-bond acceptors (Lipinski definition) is 6. The third-order valence-corrected chi connectivity index (χ3v) is 4.27. The number of aliphatic hydroxyl groups is 1. The van der Waals surface area contributed by atoms with Crippen LogP contribution in [-0.4, -0.2) is 37.5 Å². The van der Waals surface area contributed by atoms with Gasteiger partial charge in [0, 0.05) is 6.07 Å². The number of carbonyl (C=O) groups excluding carboxylic acids is 1. The average Bonchev–Trinajstić information content (AvgIpc) is 2.68. The van der Waals surface area contributed by atoms with Crippen LogP contribution in [-0.2, 0) is 14.3 Å². The van der Waals surface area contributed by atoms with Crippen molar-refractivity contribution in [3.05, 3.63) is 52.8 Å². The number of esters is 1. The molecule has 6 nitrogen and oxygen atoms in total. The largest absolute Gasteiger partial charge is 0.504 e. The van der Waals surface area contributed by atoms with Crippen molar-refractivity contribution in [1.82, 2.24) is 0 Å². The predicted molar refractivity (Wildman–Crippen MR) is 112 cm³/mol. The van der Waals surface area contributed by atoms with Crippen molar-refractivity contribution in [1.29, 1.82) is 0 Å². The SMILES string of the molecule is CCOC(=O)COc1ccc2c(c1)OCC(OC/C=C(\C)CCC=C(C)C)=C2O. The quantitative estimate of drug-likeness (QED) is 0.441. The minimum Gasteiger partial charge on any atom is -0.504 e. The second-order valence-electron chi connectivity index (χ2n) is 6.99. The number of carbonyl (C=O) groups is 1. The van der Waals surface area contributed by atoms with Crippen molar-refractivity contribution in [2.75, 3.05) is 26.4 Å². The van der Waals surface area contributed by atoms with Gasteiger partial charge in [0.1, 0.15) is 24.7 Å². The van der Waals surface area contributed by atoms with Gasteiger partial charge < -0.3 is 24.1 Å². The molecule has 1 N–H and O–H groups in total. The van der Waals surface area contributed by atoms with Crippen molar-refractivity contribution in [2.24, 2.45) is 0 Å². The lowest BCUT2D eigenvalue weighted by atomic mass is 10.1. The van der Waals surface area contributed by atoms with Gasteiger partial charge in [0.2, 0.25) is 0 Å². The maximum atomic E-state index is 11.4. The lowest BCUT2D eigenvalue weighted by molar-refractivity contribution is -0.145. The molecule has 1 aliphatic heterocycles. The van der Waals surface area contributed by atoms with Crippen LogP contribution in [0.5, 0.6) is 11.5 Å². The van der Waals surface area contributed by atoms with E-state index < -0.39 is 5.97 Å². The second kappa shape index (κ2) is 11.2. The summed E-state index contributed by atoms with van der Waals surface area (Å²) in [5.74, 6) is 0.951. The summed E-state index contributed by atoms with van der Waals surface area (Å²) in [7, 11) is 0. The highest BCUT2D eigenvalue weighted by Crippen LogP contribution is 2.34. The predicted octanol–water partition coefficient (Wildman–Crippen LogP) is 4.96. The topological polar surface area (TPSA) is 74.2 Å². The monoisotopic (exact) mass is 402 g/mol. The van der Waals surface area contributed by atoms with Gasteiger partial charge in [-0.05, 0) is 58.7 Å². The third-order valence-electron chi connectivity index (χ3n) is 4.27. The summed E-state index contributed by atoms with van der Waals surface area (Å²) in [6, 6.07) is 4.97. The van der Waals surface area contributed by atoms with Gasteiger partial charge in [-0.15, -0.1) is 0 Å². The van der Waals surface area contributed by atoms with E-state index >= 15 is 0 Å². The molecule has 29 heavy (non-hydrogen) atoms. The maximum absolute atomic E-state index is 11.4. The van der Waals surface area contributed by atoms with Crippen LogP contribution in [0.2, 0.25) is 0 Å². The Morgan fingerprint density at radius 1 is 1.21 bits per heavy atom. The molecule has 0 radical (unpaired) electrons. The van der Waals surface area contributed by atoms with Crippen molar-refractivity contribution < 1.29 is 28.8 Å². The van der Waals surface area contributed by atoms with Gasteiger partial charge in [-0.25, -0.2) is 4.79 Å². The number of allylic oxidation sites excluding steroid dienone is 3. The molecule has 0 amide bonds. The molecule has 0 aliphatic carbocycles. The van der Waals surface area contributed by atoms with E-state index in [9.17, 15) is 9.90 Å². The summed E-state index contributed by atoms with van der Waals surface area (Å²) in [5, 5.41) is 10.5. The molecule has 1 aromatic carbocycles. The van der Waals surface area contributed by atoms with Crippen molar-refractivity contribution in [3.8, 4) is 11.5 Å². The highest BCUT2D eigenvalue weighted by molar-refractivity contribution is 5.72. The van der Waals surface area contributed by atoms with Gasteiger partial charge in [-0.3, -0.25) is 0 Å². The molecule has 0 spiro atoms. The number of fused-ring (bicyclic) bond motifs is 1. The first-order valence-electron chi connectivity index (χ1n) is 9.80. The fraction of sp³-hybridized carbons (Fsp3) is 0.435. The normalized spacial score (nSPS) is 13.3. The van der Waals surface area contributed by atoms with Crippen LogP contribution in [0.15, 0.2) is 47.3 Å². The summed E-state index contributed by atoms with van der Waals surface area (Å²) in [6.45, 7) is 8.62. The third kappa shape index (κ3) is 7.22. The number of hydrogen-bond donors (Lipinski definition) is 1. The summed E-state index contributed by atoms with van der Waals surface area (Å²) >= 11 is 0. The van der Waals surface area contributed by atoms with E-state index in [2.05, 4.69) is 26.8 Å². The summed E-state index contributed by atoms with van der Waals surface area (Å²) in [5.41, 5.74) is 3.08. The molecule has 0 aromatic heterocycles. The first-order chi connectivity index (χ1) is 13.9. The zero-order valence-electron chi connectivity index (χ0n) is 17.6. The molecule has 1 aromatic rings. The Morgan fingerprint density at radius 2 is 2.00 bits per heavy atom. The first-order valence-corrected chi connectivity index (χ1v) is 9.80. The van der Waals surface area contributed by atoms with Gasteiger partial charge in [-0.1, -0.05) is 17.2 Å². The Morgan fingerprint density at radius 3 is 2.72 bits per heavy atom. The van der Waals surface area contributed by atoms with E-state index in [1.54, 1.807) is 25.1 Å². The van der Waals surface area contributed by atoms with Gasteiger partial charge in [0.05, 0.1) is 12.2 Å². The molecule has 0 saturated carbocycles. The summed E-state index contributed by atoms with van der Waals surface area (Å²) in [4.78, 5) is 11.4. The number of ether oxygens (including phenoxy) is 4. The lowest BCUT2D eigenvalue weighted by Gasteiger charge is -2.21. The minimum absolute atomic E-state index is 0.0544. The minimum atomic E-state index is -0.436. The Kier molecular flexibility index (Phi) is 8.65. The van der Waals surface area contributed by atoms with E-state index in [0.717, 1.165) is 12.8 Å². The van der Waals surface area contributed by atoms with Gasteiger partial charge in [0.15, 0.2) is 18.1 Å². The van der Waals surface area contributed by atoms with E-state index in [4.69, 9.17) is 18.9 Å². The Hall–Kier alpha value is -2.89. The van der Waals surface area contributed by atoms with Crippen molar-refractivity contribution >= 4 is 11.7 Å². The number of benzene rings is 1. The molecule has 0 saturated heterocycles. The molecule has 6 heteroatoms. The van der Waals surface area contributed by atoms with Gasteiger partial charge in [-0.2, -0.15) is 0 Å². The molecule has 1 aliphatic rings. The molecule has 0 fully saturated rings. The Labute approximate surface area is 172 Å². The Bertz CT molecular complexity index is 800. The molecule has 1 heterocycles. The average molecular weight is 402 g/mol. The van der Waals surface area contributed by atoms with Crippen molar-refractivity contribution in [3.63, 3.8) is 0 Å². The molecule has 0 bridgehead atoms. The smallest absolute Gasteiger partial charge is 0.344 e. The first kappa shape index (κ1) is 22.4. The molecule has 158 valence electrons. The number of aliphatic hydroxyl groups excluding tert-OH is 1. The van der Waals surface area contributed by atoms with Crippen LogP contribution in [0.3, 0.4) is 0 Å². The highest BCUT2D eigenvalue weighted by Gasteiger charge is 2.21. The van der Waals surface area contributed by atoms with Crippen LogP contribution in [0.25, 0.3) is 5.76 Å². The van der Waals surface area contributed by atoms with Crippen molar-refractivity contribution in [2.45, 2.75) is 40.5 Å². The standard InChI is InChI=1S/C23H30O6/c1-5-26-22(24)15-28-18-9-10-19-20(13-18)29-14-21(23(19)25)27-12-11-17(4)8-6-7-16(2)3/h7,9-11,13,25H,5-6,8,12,14-15H2,1-4H3/b17-11+. The van der Waals surface area contributed by atoms with Crippen LogP contribution < -0.4 is 9.47 Å².